The summed E-state index contributed by atoms with van der Waals surface area (Å²) in [6.07, 6.45) is 2.28. The fourth-order valence-electron chi connectivity index (χ4n) is 5.97. The number of hydrogen-bond acceptors (Lipinski definition) is 7. The van der Waals surface area contributed by atoms with Crippen LogP contribution in [0.2, 0.25) is 0 Å². The van der Waals surface area contributed by atoms with E-state index in [1.165, 1.54) is 4.57 Å². The van der Waals surface area contributed by atoms with Gasteiger partial charge < -0.3 is 14.5 Å². The molecule has 3 aliphatic heterocycles. The zero-order valence-electron chi connectivity index (χ0n) is 22.7. The quantitative estimate of drug-likeness (QED) is 0.608. The number of nitrogens with zero attached hydrogens (tertiary/aromatic N) is 5. The number of anilines is 1. The first-order valence-corrected chi connectivity index (χ1v) is 13.5. The Morgan fingerprint density at radius 1 is 0.974 bits per heavy atom. The molecule has 11 nitrogen and oxygen atoms in total. The molecule has 11 heteroatoms. The van der Waals surface area contributed by atoms with Crippen LogP contribution in [-0.2, 0) is 21.4 Å². The van der Waals surface area contributed by atoms with E-state index in [0.29, 0.717) is 31.1 Å². The van der Waals surface area contributed by atoms with E-state index in [1.807, 2.05) is 39.0 Å². The van der Waals surface area contributed by atoms with E-state index in [-0.39, 0.29) is 24.1 Å². The number of fused-ring (bicyclic) bond motifs is 1. The number of ether oxygens (including phenoxy) is 1. The highest BCUT2D eigenvalue weighted by Crippen LogP contribution is 2.32. The zero-order valence-corrected chi connectivity index (χ0v) is 22.7. The molecule has 4 heterocycles. The molecule has 0 radical (unpaired) electrons. The van der Waals surface area contributed by atoms with Gasteiger partial charge in [-0.2, -0.15) is 0 Å². The number of para-hydroxylation sites is 1. The average molecular weight is 527 g/mol. The van der Waals surface area contributed by atoms with Crippen LogP contribution in [0.4, 0.5) is 10.5 Å². The number of aryl methyl sites for hydroxylation is 1. The van der Waals surface area contributed by atoms with Crippen molar-refractivity contribution in [2.75, 3.05) is 44.2 Å². The first-order valence-electron chi connectivity index (χ1n) is 13.5. The monoisotopic (exact) mass is 526 g/mol. The first kappa shape index (κ1) is 26.3. The molecule has 3 saturated heterocycles. The Hall–Kier alpha value is -3.34. The van der Waals surface area contributed by atoms with Crippen LogP contribution in [0.3, 0.4) is 0 Å². The minimum absolute atomic E-state index is 0.221. The SMILES string of the molecule is Cn1c(=O)n(C2CCC(=O)NC2=O)c2cccc(N3CCC(N4CCN(C(=O)OC(C)(C)C)CC4)CC3)c21. The van der Waals surface area contributed by atoms with E-state index in [9.17, 15) is 19.2 Å². The Morgan fingerprint density at radius 3 is 2.29 bits per heavy atom. The molecule has 2 aromatic rings. The van der Waals surface area contributed by atoms with Crippen molar-refractivity contribution in [1.29, 1.82) is 0 Å². The van der Waals surface area contributed by atoms with Gasteiger partial charge in [-0.05, 0) is 52.2 Å². The van der Waals surface area contributed by atoms with E-state index in [1.54, 1.807) is 16.5 Å². The molecule has 38 heavy (non-hydrogen) atoms. The topological polar surface area (TPSA) is 109 Å². The van der Waals surface area contributed by atoms with E-state index < -0.39 is 17.6 Å². The molecule has 1 N–H and O–H groups in total. The van der Waals surface area contributed by atoms with Crippen LogP contribution < -0.4 is 15.9 Å². The molecule has 3 fully saturated rings. The van der Waals surface area contributed by atoms with Crippen LogP contribution in [0, 0.1) is 0 Å². The molecule has 1 aromatic carbocycles. The molecule has 3 amide bonds. The summed E-state index contributed by atoms with van der Waals surface area (Å²) in [4.78, 5) is 56.5. The number of carbonyl (C=O) groups excluding carboxylic acids is 3. The van der Waals surface area contributed by atoms with E-state index in [2.05, 4.69) is 15.1 Å². The molecule has 0 bridgehead atoms. The Morgan fingerprint density at radius 2 is 1.66 bits per heavy atom. The second-order valence-electron chi connectivity index (χ2n) is 11.5. The van der Waals surface area contributed by atoms with Gasteiger partial charge in [0.15, 0.2) is 0 Å². The largest absolute Gasteiger partial charge is 0.444 e. The number of aromatic nitrogens is 2. The van der Waals surface area contributed by atoms with Gasteiger partial charge in [0.2, 0.25) is 11.8 Å². The molecule has 1 atom stereocenters. The number of hydrogen-bond donors (Lipinski definition) is 1. The predicted molar refractivity (Wildman–Crippen MR) is 143 cm³/mol. The van der Waals surface area contributed by atoms with Gasteiger partial charge in [0.1, 0.15) is 11.6 Å². The van der Waals surface area contributed by atoms with Crippen LogP contribution in [-0.4, -0.2) is 87.8 Å². The van der Waals surface area contributed by atoms with Gasteiger partial charge in [-0.3, -0.25) is 28.9 Å². The summed E-state index contributed by atoms with van der Waals surface area (Å²) >= 11 is 0. The third-order valence-electron chi connectivity index (χ3n) is 7.89. The molecule has 0 aliphatic carbocycles. The number of benzene rings is 1. The van der Waals surface area contributed by atoms with Crippen LogP contribution >= 0.6 is 0 Å². The lowest BCUT2D eigenvalue weighted by atomic mass is 10.0. The number of rotatable bonds is 3. The molecular weight excluding hydrogens is 488 g/mol. The van der Waals surface area contributed by atoms with Crippen molar-refractivity contribution in [3.05, 3.63) is 28.7 Å². The Bertz CT molecular complexity index is 1290. The third-order valence-corrected chi connectivity index (χ3v) is 7.89. The predicted octanol–water partition coefficient (Wildman–Crippen LogP) is 1.84. The molecule has 1 aromatic heterocycles. The van der Waals surface area contributed by atoms with Crippen molar-refractivity contribution in [2.24, 2.45) is 7.05 Å². The highest BCUT2D eigenvalue weighted by molar-refractivity contribution is 6.00. The summed E-state index contributed by atoms with van der Waals surface area (Å²) in [7, 11) is 1.74. The van der Waals surface area contributed by atoms with E-state index in [4.69, 9.17) is 4.74 Å². The lowest BCUT2D eigenvalue weighted by Gasteiger charge is -2.43. The van der Waals surface area contributed by atoms with E-state index in [0.717, 1.165) is 50.2 Å². The number of piperidine rings is 2. The van der Waals surface area contributed by atoms with Crippen molar-refractivity contribution in [2.45, 2.75) is 64.1 Å². The van der Waals surface area contributed by atoms with Gasteiger partial charge in [0.25, 0.3) is 0 Å². The van der Waals surface area contributed by atoms with E-state index >= 15 is 0 Å². The first-order chi connectivity index (χ1) is 18.0. The van der Waals surface area contributed by atoms with Crippen molar-refractivity contribution >= 4 is 34.6 Å². The number of amides is 3. The number of carbonyl (C=O) groups is 3. The summed E-state index contributed by atoms with van der Waals surface area (Å²) in [6, 6.07) is 5.60. The highest BCUT2D eigenvalue weighted by atomic mass is 16.6. The van der Waals surface area contributed by atoms with Crippen molar-refractivity contribution in [3.8, 4) is 0 Å². The lowest BCUT2D eigenvalue weighted by molar-refractivity contribution is -0.135. The minimum Gasteiger partial charge on any atom is -0.444 e. The summed E-state index contributed by atoms with van der Waals surface area (Å²) in [6.45, 7) is 10.4. The van der Waals surface area contributed by atoms with Crippen molar-refractivity contribution < 1.29 is 19.1 Å². The van der Waals surface area contributed by atoms with Gasteiger partial charge in [-0.15, -0.1) is 0 Å². The molecule has 206 valence electrons. The maximum atomic E-state index is 13.3. The second-order valence-corrected chi connectivity index (χ2v) is 11.5. The van der Waals surface area contributed by atoms with Gasteiger partial charge >= 0.3 is 11.8 Å². The van der Waals surface area contributed by atoms with Gasteiger partial charge in [-0.1, -0.05) is 6.07 Å². The van der Waals surface area contributed by atoms with Gasteiger partial charge in [0.05, 0.1) is 16.7 Å². The smallest absolute Gasteiger partial charge is 0.410 e. The molecule has 0 spiro atoms. The molecule has 5 rings (SSSR count). The fourth-order valence-corrected chi connectivity index (χ4v) is 5.97. The standard InChI is InChI=1S/C27H38N6O5/c1-27(2,3)38-26(37)32-16-14-30(15-17-32)18-10-12-31(13-11-18)19-6-5-7-20-23(19)29(4)25(36)33(20)21-8-9-22(34)28-24(21)35/h5-7,18,21H,8-17H2,1-4H3,(H,28,34,35). The summed E-state index contributed by atoms with van der Waals surface area (Å²) in [5.74, 6) is -0.719. The number of imide groups is 1. The van der Waals surface area contributed by atoms with Crippen LogP contribution in [0.15, 0.2) is 23.0 Å². The third kappa shape index (κ3) is 5.03. The van der Waals surface area contributed by atoms with Crippen molar-refractivity contribution in [3.63, 3.8) is 0 Å². The maximum absolute atomic E-state index is 13.3. The Labute approximate surface area is 222 Å². The fraction of sp³-hybridized carbons (Fsp3) is 0.630. The minimum atomic E-state index is -0.691. The second kappa shape index (κ2) is 10.1. The molecule has 3 aliphatic rings. The summed E-state index contributed by atoms with van der Waals surface area (Å²) in [5, 5.41) is 2.37. The van der Waals surface area contributed by atoms with Gasteiger partial charge in [-0.25, -0.2) is 9.59 Å². The molecule has 1 unspecified atom stereocenters. The molecule has 0 saturated carbocycles. The number of piperazine rings is 1. The van der Waals surface area contributed by atoms with Crippen LogP contribution in [0.25, 0.3) is 11.0 Å². The number of imidazole rings is 1. The molecular formula is C27H38N6O5. The zero-order chi connectivity index (χ0) is 27.2. The average Bonchev–Trinajstić information content (AvgIpc) is 3.13. The maximum Gasteiger partial charge on any atom is 0.410 e. The lowest BCUT2D eigenvalue weighted by Crippen LogP contribution is -2.55. The summed E-state index contributed by atoms with van der Waals surface area (Å²) in [5.41, 5.74) is 1.77. The number of nitrogens with one attached hydrogen (secondary N) is 1. The van der Waals surface area contributed by atoms with Crippen molar-refractivity contribution in [1.82, 2.24) is 24.3 Å². The Kier molecular flexibility index (Phi) is 6.97. The van der Waals surface area contributed by atoms with Crippen LogP contribution in [0.1, 0.15) is 52.5 Å². The van der Waals surface area contributed by atoms with Gasteiger partial charge in [0, 0.05) is 58.8 Å². The Balaban J connectivity index is 1.26. The normalized spacial score (nSPS) is 22.2. The summed E-state index contributed by atoms with van der Waals surface area (Å²) < 4.78 is 8.68. The highest BCUT2D eigenvalue weighted by Gasteiger charge is 2.34. The van der Waals surface area contributed by atoms with Crippen LogP contribution in [0.5, 0.6) is 0 Å².